The van der Waals surface area contributed by atoms with E-state index in [0.717, 1.165) is 22.6 Å². The molecule has 2 aromatic carbocycles. The molecule has 0 spiro atoms. The van der Waals surface area contributed by atoms with Gasteiger partial charge in [0.15, 0.2) is 0 Å². The molecule has 0 bridgehead atoms. The van der Waals surface area contributed by atoms with Gasteiger partial charge in [-0.25, -0.2) is 0 Å². The summed E-state index contributed by atoms with van der Waals surface area (Å²) in [5.74, 6) is 0.699. The minimum Gasteiger partial charge on any atom is -0.495 e. The van der Waals surface area contributed by atoms with Gasteiger partial charge >= 0.3 is 0 Å². The lowest BCUT2D eigenvalue weighted by atomic mass is 10.2. The Hall–Kier alpha value is -2.20. The summed E-state index contributed by atoms with van der Waals surface area (Å²) >= 11 is 6.05. The highest BCUT2D eigenvalue weighted by atomic mass is 35.5. The number of nitrogens with one attached hydrogen (secondary N) is 2. The largest absolute Gasteiger partial charge is 0.495 e. The first-order valence-electron chi connectivity index (χ1n) is 7.44. The molecule has 0 atom stereocenters. The number of rotatable bonds is 6. The van der Waals surface area contributed by atoms with Gasteiger partial charge in [0.1, 0.15) is 5.75 Å². The molecule has 0 aromatic heterocycles. The minimum atomic E-state index is -0.0657. The number of halogens is 1. The van der Waals surface area contributed by atoms with Crippen LogP contribution in [0.1, 0.15) is 17.5 Å². The zero-order chi connectivity index (χ0) is 16.8. The van der Waals surface area contributed by atoms with E-state index in [1.54, 1.807) is 13.2 Å². The van der Waals surface area contributed by atoms with Crippen LogP contribution in [0.15, 0.2) is 36.4 Å². The topological polar surface area (TPSA) is 50.4 Å². The molecule has 122 valence electrons. The highest BCUT2D eigenvalue weighted by Crippen LogP contribution is 2.25. The van der Waals surface area contributed by atoms with Crippen LogP contribution in [0.4, 0.5) is 11.4 Å². The van der Waals surface area contributed by atoms with E-state index in [9.17, 15) is 4.79 Å². The highest BCUT2D eigenvalue weighted by molar-refractivity contribution is 6.31. The quantitative estimate of drug-likeness (QED) is 0.824. The molecule has 5 heteroatoms. The fourth-order valence-corrected chi connectivity index (χ4v) is 2.35. The first-order chi connectivity index (χ1) is 11.0. The van der Waals surface area contributed by atoms with Crippen molar-refractivity contribution in [2.24, 2.45) is 0 Å². The van der Waals surface area contributed by atoms with Crippen molar-refractivity contribution in [2.45, 2.75) is 20.3 Å². The molecule has 0 saturated carbocycles. The molecule has 2 aromatic rings. The van der Waals surface area contributed by atoms with E-state index in [2.05, 4.69) is 10.6 Å². The monoisotopic (exact) mass is 332 g/mol. The van der Waals surface area contributed by atoms with Gasteiger partial charge in [0.2, 0.25) is 5.91 Å². The van der Waals surface area contributed by atoms with Crippen molar-refractivity contribution in [2.75, 3.05) is 24.3 Å². The summed E-state index contributed by atoms with van der Waals surface area (Å²) in [6.07, 6.45) is 0.350. The molecule has 2 N–H and O–H groups in total. The Balaban J connectivity index is 1.87. The van der Waals surface area contributed by atoms with Crippen molar-refractivity contribution in [1.82, 2.24) is 0 Å². The van der Waals surface area contributed by atoms with Crippen LogP contribution >= 0.6 is 11.6 Å². The van der Waals surface area contributed by atoms with Crippen molar-refractivity contribution in [3.8, 4) is 5.75 Å². The number of carbonyl (C=O) groups is 1. The Morgan fingerprint density at radius 2 is 1.96 bits per heavy atom. The summed E-state index contributed by atoms with van der Waals surface area (Å²) < 4.78 is 5.30. The summed E-state index contributed by atoms with van der Waals surface area (Å²) in [5, 5.41) is 6.72. The molecule has 0 aliphatic rings. The fourth-order valence-electron chi connectivity index (χ4n) is 2.16. The molecule has 2 rings (SSSR count). The molecular formula is C18H21ClN2O2. The van der Waals surface area contributed by atoms with Gasteiger partial charge in [-0.2, -0.15) is 0 Å². The van der Waals surface area contributed by atoms with Crippen LogP contribution < -0.4 is 15.4 Å². The second kappa shape index (κ2) is 7.88. The third-order valence-corrected chi connectivity index (χ3v) is 3.89. The third kappa shape index (κ3) is 4.89. The lowest BCUT2D eigenvalue weighted by Gasteiger charge is -2.12. The third-order valence-electron chi connectivity index (χ3n) is 3.48. The van der Waals surface area contributed by atoms with Crippen LogP contribution in [-0.2, 0) is 4.79 Å². The maximum atomic E-state index is 12.0. The Labute approximate surface area is 141 Å². The fraction of sp³-hybridized carbons (Fsp3) is 0.278. The van der Waals surface area contributed by atoms with Gasteiger partial charge in [0, 0.05) is 23.7 Å². The number of anilines is 2. The maximum Gasteiger partial charge on any atom is 0.226 e. The Bertz CT molecular complexity index is 701. The molecule has 0 aliphatic carbocycles. The van der Waals surface area contributed by atoms with Crippen LogP contribution in [-0.4, -0.2) is 19.6 Å². The molecular weight excluding hydrogens is 312 g/mol. The van der Waals surface area contributed by atoms with Crippen molar-refractivity contribution in [1.29, 1.82) is 0 Å². The van der Waals surface area contributed by atoms with E-state index in [0.29, 0.717) is 23.7 Å². The molecule has 23 heavy (non-hydrogen) atoms. The van der Waals surface area contributed by atoms with Crippen LogP contribution in [0.2, 0.25) is 5.02 Å². The summed E-state index contributed by atoms with van der Waals surface area (Å²) in [6, 6.07) is 11.4. The van der Waals surface area contributed by atoms with Crippen LogP contribution in [0, 0.1) is 13.8 Å². The Morgan fingerprint density at radius 1 is 1.17 bits per heavy atom. The van der Waals surface area contributed by atoms with Crippen molar-refractivity contribution in [3.05, 3.63) is 52.5 Å². The van der Waals surface area contributed by atoms with Gasteiger partial charge in [0.25, 0.3) is 0 Å². The molecule has 0 unspecified atom stereocenters. The SMILES string of the molecule is COc1ccc(C)cc1NCCC(=O)Nc1ccc(C)c(Cl)c1. The van der Waals surface area contributed by atoms with E-state index in [4.69, 9.17) is 16.3 Å². The van der Waals surface area contributed by atoms with Gasteiger partial charge in [-0.05, 0) is 49.2 Å². The minimum absolute atomic E-state index is 0.0657. The van der Waals surface area contributed by atoms with Crippen molar-refractivity contribution >= 4 is 28.9 Å². The first-order valence-corrected chi connectivity index (χ1v) is 7.82. The number of carbonyl (C=O) groups excluding carboxylic acids is 1. The van der Waals surface area contributed by atoms with Gasteiger partial charge in [0.05, 0.1) is 12.8 Å². The zero-order valence-electron chi connectivity index (χ0n) is 13.6. The zero-order valence-corrected chi connectivity index (χ0v) is 14.3. The van der Waals surface area contributed by atoms with Crippen LogP contribution in [0.25, 0.3) is 0 Å². The molecule has 4 nitrogen and oxygen atoms in total. The first kappa shape index (κ1) is 17.2. The van der Waals surface area contributed by atoms with Crippen LogP contribution in [0.3, 0.4) is 0 Å². The van der Waals surface area contributed by atoms with E-state index < -0.39 is 0 Å². The standard InChI is InChI=1S/C18H21ClN2O2/c1-12-4-7-17(23-3)16(10-12)20-9-8-18(22)21-14-6-5-13(2)15(19)11-14/h4-7,10-11,20H,8-9H2,1-3H3,(H,21,22). The number of benzene rings is 2. The average Bonchev–Trinajstić information content (AvgIpc) is 2.51. The van der Waals surface area contributed by atoms with E-state index in [-0.39, 0.29) is 5.91 Å². The van der Waals surface area contributed by atoms with Gasteiger partial charge in [-0.15, -0.1) is 0 Å². The van der Waals surface area contributed by atoms with Crippen molar-refractivity contribution in [3.63, 3.8) is 0 Å². The highest BCUT2D eigenvalue weighted by Gasteiger charge is 2.06. The van der Waals surface area contributed by atoms with Gasteiger partial charge < -0.3 is 15.4 Å². The van der Waals surface area contributed by atoms with E-state index >= 15 is 0 Å². The Morgan fingerprint density at radius 3 is 2.65 bits per heavy atom. The predicted octanol–water partition coefficient (Wildman–Crippen LogP) is 4.41. The second-order valence-corrected chi connectivity index (χ2v) is 5.80. The maximum absolute atomic E-state index is 12.0. The average molecular weight is 333 g/mol. The van der Waals surface area contributed by atoms with Crippen molar-refractivity contribution < 1.29 is 9.53 Å². The smallest absolute Gasteiger partial charge is 0.226 e. The number of amides is 1. The molecule has 0 fully saturated rings. The number of hydrogen-bond donors (Lipinski definition) is 2. The van der Waals surface area contributed by atoms with Crippen LogP contribution in [0.5, 0.6) is 5.75 Å². The molecule has 1 amide bonds. The van der Waals surface area contributed by atoms with Gasteiger partial charge in [-0.1, -0.05) is 23.7 Å². The summed E-state index contributed by atoms with van der Waals surface area (Å²) in [6.45, 7) is 4.46. The lowest BCUT2D eigenvalue weighted by Crippen LogP contribution is -2.16. The second-order valence-electron chi connectivity index (χ2n) is 5.39. The lowest BCUT2D eigenvalue weighted by molar-refractivity contribution is -0.115. The van der Waals surface area contributed by atoms with E-state index in [1.807, 2.05) is 44.2 Å². The number of ether oxygens (including phenoxy) is 1. The normalized spacial score (nSPS) is 10.3. The van der Waals surface area contributed by atoms with Gasteiger partial charge in [-0.3, -0.25) is 4.79 Å². The van der Waals surface area contributed by atoms with E-state index in [1.165, 1.54) is 0 Å². The summed E-state index contributed by atoms with van der Waals surface area (Å²) in [7, 11) is 1.63. The molecule has 0 radical (unpaired) electrons. The number of hydrogen-bond acceptors (Lipinski definition) is 3. The molecule has 0 aliphatic heterocycles. The summed E-state index contributed by atoms with van der Waals surface area (Å²) in [4.78, 5) is 12.0. The molecule has 0 heterocycles. The summed E-state index contributed by atoms with van der Waals surface area (Å²) in [5.41, 5.74) is 3.71. The predicted molar refractivity (Wildman–Crippen MR) is 95.7 cm³/mol. The molecule has 0 saturated heterocycles. The number of aryl methyl sites for hydroxylation is 2. The Kier molecular flexibility index (Phi) is 5.88. The number of methoxy groups -OCH3 is 1.